The first kappa shape index (κ1) is 17.6. The Morgan fingerprint density at radius 1 is 1.22 bits per heavy atom. The van der Waals surface area contributed by atoms with E-state index in [1.165, 1.54) is 6.07 Å². The molecule has 1 N–H and O–H groups in total. The molecule has 1 fully saturated rings. The average molecular weight is 341 g/mol. The standard InChI is InChI=1S/C14H13F6NO2/c15-13(16,17)10-3-1-2-9(6-10)7-11(22)21-5-4-12(23,8-21)14(18,19)20/h1-3,6,23H,4-5,7-8H2/t12-/m1/s1. The molecule has 0 aliphatic carbocycles. The Balaban J connectivity index is 2.07. The third-order valence-corrected chi connectivity index (χ3v) is 3.74. The van der Waals surface area contributed by atoms with E-state index in [4.69, 9.17) is 0 Å². The predicted molar refractivity (Wildman–Crippen MR) is 67.3 cm³/mol. The van der Waals surface area contributed by atoms with Crippen LogP contribution in [0.2, 0.25) is 0 Å². The Labute approximate surface area is 127 Å². The molecular formula is C14H13F6NO2. The van der Waals surface area contributed by atoms with Crippen molar-refractivity contribution in [2.45, 2.75) is 30.8 Å². The number of aliphatic hydroxyl groups is 1. The maximum absolute atomic E-state index is 12.7. The van der Waals surface area contributed by atoms with E-state index in [2.05, 4.69) is 0 Å². The molecule has 1 heterocycles. The number of carbonyl (C=O) groups is 1. The Kier molecular flexibility index (Phi) is 4.36. The van der Waals surface area contributed by atoms with E-state index >= 15 is 0 Å². The van der Waals surface area contributed by atoms with Crippen LogP contribution in [0.4, 0.5) is 26.3 Å². The minimum atomic E-state index is -4.86. The summed E-state index contributed by atoms with van der Waals surface area (Å²) in [7, 11) is 0. The van der Waals surface area contributed by atoms with Gasteiger partial charge in [0.25, 0.3) is 0 Å². The molecule has 23 heavy (non-hydrogen) atoms. The van der Waals surface area contributed by atoms with Gasteiger partial charge in [0.2, 0.25) is 5.91 Å². The minimum Gasteiger partial charge on any atom is -0.379 e. The lowest BCUT2D eigenvalue weighted by Crippen LogP contribution is -2.48. The lowest BCUT2D eigenvalue weighted by molar-refractivity contribution is -0.253. The van der Waals surface area contributed by atoms with Gasteiger partial charge in [-0.2, -0.15) is 26.3 Å². The van der Waals surface area contributed by atoms with Gasteiger partial charge in [-0.25, -0.2) is 0 Å². The van der Waals surface area contributed by atoms with Gasteiger partial charge in [0.1, 0.15) is 0 Å². The van der Waals surface area contributed by atoms with Gasteiger partial charge in [-0.3, -0.25) is 4.79 Å². The normalized spacial score (nSPS) is 22.5. The summed E-state index contributed by atoms with van der Waals surface area (Å²) in [4.78, 5) is 12.8. The third kappa shape index (κ3) is 3.77. The molecule has 0 spiro atoms. The van der Waals surface area contributed by atoms with Crippen molar-refractivity contribution in [2.75, 3.05) is 13.1 Å². The molecule has 1 atom stereocenters. The minimum absolute atomic E-state index is 0.0484. The summed E-state index contributed by atoms with van der Waals surface area (Å²) in [6.07, 6.45) is -10.5. The van der Waals surface area contributed by atoms with Crippen LogP contribution in [0.1, 0.15) is 17.5 Å². The fraction of sp³-hybridized carbons (Fsp3) is 0.500. The number of carbonyl (C=O) groups excluding carboxylic acids is 1. The van der Waals surface area contributed by atoms with Crippen LogP contribution in [0.5, 0.6) is 0 Å². The smallest absolute Gasteiger partial charge is 0.379 e. The molecule has 128 valence electrons. The monoisotopic (exact) mass is 341 g/mol. The van der Waals surface area contributed by atoms with Crippen molar-refractivity contribution < 1.29 is 36.2 Å². The van der Waals surface area contributed by atoms with Crippen molar-refractivity contribution >= 4 is 5.91 Å². The van der Waals surface area contributed by atoms with E-state index in [9.17, 15) is 36.2 Å². The van der Waals surface area contributed by atoms with Crippen molar-refractivity contribution in [1.29, 1.82) is 0 Å². The molecule has 0 aromatic heterocycles. The summed E-state index contributed by atoms with van der Waals surface area (Å²) < 4.78 is 75.8. The summed E-state index contributed by atoms with van der Waals surface area (Å²) in [5.41, 5.74) is -3.85. The number of rotatable bonds is 2. The molecule has 1 aromatic rings. The average Bonchev–Trinajstić information content (AvgIpc) is 2.82. The summed E-state index contributed by atoms with van der Waals surface area (Å²) in [5.74, 6) is -0.760. The second-order valence-corrected chi connectivity index (χ2v) is 5.47. The molecule has 0 saturated carbocycles. The molecule has 1 aromatic carbocycles. The van der Waals surface area contributed by atoms with Crippen LogP contribution in [0, 0.1) is 0 Å². The van der Waals surface area contributed by atoms with E-state index < -0.39 is 48.8 Å². The SMILES string of the molecule is O=C(Cc1cccc(C(F)(F)F)c1)N1CC[C@](O)(C(F)(F)F)C1. The number of alkyl halides is 6. The fourth-order valence-corrected chi connectivity index (χ4v) is 2.38. The van der Waals surface area contributed by atoms with Crippen molar-refractivity contribution in [2.24, 2.45) is 0 Å². The highest BCUT2D eigenvalue weighted by Crippen LogP contribution is 2.37. The van der Waals surface area contributed by atoms with Gasteiger partial charge in [0.15, 0.2) is 5.60 Å². The number of benzene rings is 1. The van der Waals surface area contributed by atoms with Crippen LogP contribution in [0.15, 0.2) is 24.3 Å². The lowest BCUT2D eigenvalue weighted by atomic mass is 10.0. The Hall–Kier alpha value is -1.77. The zero-order valence-corrected chi connectivity index (χ0v) is 11.7. The zero-order chi connectivity index (χ0) is 17.5. The molecule has 0 bridgehead atoms. The first-order valence-electron chi connectivity index (χ1n) is 6.65. The van der Waals surface area contributed by atoms with Crippen LogP contribution in [-0.2, 0) is 17.4 Å². The van der Waals surface area contributed by atoms with E-state index in [-0.39, 0.29) is 12.1 Å². The van der Waals surface area contributed by atoms with E-state index in [0.29, 0.717) is 0 Å². The number of nitrogens with zero attached hydrogens (tertiary/aromatic N) is 1. The predicted octanol–water partition coefficient (Wildman–Crippen LogP) is 2.77. The number of β-amino-alcohol motifs (C(OH)–C–C–N with tert-alkyl or cyclic N) is 1. The van der Waals surface area contributed by atoms with E-state index in [1.54, 1.807) is 0 Å². The topological polar surface area (TPSA) is 40.5 Å². The number of likely N-dealkylation sites (tertiary alicyclic amines) is 1. The van der Waals surface area contributed by atoms with E-state index in [0.717, 1.165) is 23.1 Å². The van der Waals surface area contributed by atoms with Gasteiger partial charge in [0, 0.05) is 13.0 Å². The quantitative estimate of drug-likeness (QED) is 0.841. The van der Waals surface area contributed by atoms with Crippen molar-refractivity contribution in [1.82, 2.24) is 4.90 Å². The van der Waals surface area contributed by atoms with E-state index in [1.807, 2.05) is 0 Å². The first-order valence-corrected chi connectivity index (χ1v) is 6.65. The van der Waals surface area contributed by atoms with Crippen molar-refractivity contribution in [3.05, 3.63) is 35.4 Å². The van der Waals surface area contributed by atoms with Crippen LogP contribution < -0.4 is 0 Å². The zero-order valence-electron chi connectivity index (χ0n) is 11.7. The molecular weight excluding hydrogens is 328 g/mol. The molecule has 3 nitrogen and oxygen atoms in total. The molecule has 1 aliphatic heterocycles. The van der Waals surface area contributed by atoms with Crippen LogP contribution in [0.25, 0.3) is 0 Å². The third-order valence-electron chi connectivity index (χ3n) is 3.74. The maximum atomic E-state index is 12.7. The number of hydrogen-bond donors (Lipinski definition) is 1. The van der Waals surface area contributed by atoms with Crippen LogP contribution >= 0.6 is 0 Å². The molecule has 9 heteroatoms. The summed E-state index contributed by atoms with van der Waals surface area (Å²) in [6, 6.07) is 4.04. The number of hydrogen-bond acceptors (Lipinski definition) is 2. The van der Waals surface area contributed by atoms with Gasteiger partial charge in [-0.15, -0.1) is 0 Å². The largest absolute Gasteiger partial charge is 0.419 e. The van der Waals surface area contributed by atoms with Crippen LogP contribution in [0.3, 0.4) is 0 Å². The highest BCUT2D eigenvalue weighted by atomic mass is 19.4. The molecule has 1 saturated heterocycles. The Morgan fingerprint density at radius 3 is 2.39 bits per heavy atom. The molecule has 0 unspecified atom stereocenters. The van der Waals surface area contributed by atoms with Gasteiger partial charge < -0.3 is 10.0 Å². The second-order valence-electron chi connectivity index (χ2n) is 5.47. The maximum Gasteiger partial charge on any atom is 0.419 e. The second kappa shape index (κ2) is 5.70. The lowest BCUT2D eigenvalue weighted by Gasteiger charge is -2.26. The highest BCUT2D eigenvalue weighted by Gasteiger charge is 2.57. The van der Waals surface area contributed by atoms with Crippen molar-refractivity contribution in [3.8, 4) is 0 Å². The molecule has 0 radical (unpaired) electrons. The Morgan fingerprint density at radius 2 is 1.87 bits per heavy atom. The highest BCUT2D eigenvalue weighted by molar-refractivity contribution is 5.79. The van der Waals surface area contributed by atoms with Crippen LogP contribution in [-0.4, -0.2) is 40.8 Å². The molecule has 1 aliphatic rings. The fourth-order valence-electron chi connectivity index (χ4n) is 2.38. The summed E-state index contributed by atoms with van der Waals surface area (Å²) in [5, 5.41) is 9.50. The summed E-state index contributed by atoms with van der Waals surface area (Å²) >= 11 is 0. The number of amides is 1. The van der Waals surface area contributed by atoms with Gasteiger partial charge >= 0.3 is 12.4 Å². The van der Waals surface area contributed by atoms with Crippen molar-refractivity contribution in [3.63, 3.8) is 0 Å². The molecule has 2 rings (SSSR count). The number of halogens is 6. The molecule has 1 amide bonds. The van der Waals surface area contributed by atoms with Gasteiger partial charge in [-0.1, -0.05) is 18.2 Å². The van der Waals surface area contributed by atoms with Gasteiger partial charge in [-0.05, 0) is 11.6 Å². The Bertz CT molecular complexity index is 598. The van der Waals surface area contributed by atoms with Gasteiger partial charge in [0.05, 0.1) is 18.5 Å². The summed E-state index contributed by atoms with van der Waals surface area (Å²) in [6.45, 7) is -1.21. The first-order chi connectivity index (χ1) is 10.4.